The molecule has 0 saturated carbocycles. The van der Waals surface area contributed by atoms with Gasteiger partial charge < -0.3 is 9.64 Å². The maximum absolute atomic E-state index is 13.1. The number of amides is 3. The molecule has 1 aliphatic carbocycles. The summed E-state index contributed by atoms with van der Waals surface area (Å²) >= 11 is 0. The molecule has 128 valence electrons. The minimum absolute atomic E-state index is 0.356. The number of benzene rings is 1. The van der Waals surface area contributed by atoms with E-state index in [0.29, 0.717) is 5.69 Å². The topological polar surface area (TPSA) is 84.0 Å². The number of nitrogens with zero attached hydrogens (tertiary/aromatic N) is 2. The maximum atomic E-state index is 13.1. The van der Waals surface area contributed by atoms with Crippen molar-refractivity contribution in [2.45, 2.75) is 5.54 Å². The summed E-state index contributed by atoms with van der Waals surface area (Å²) in [6.45, 7) is 0. The van der Waals surface area contributed by atoms with Crippen molar-refractivity contribution in [2.75, 3.05) is 19.1 Å². The summed E-state index contributed by atoms with van der Waals surface area (Å²) in [4.78, 5) is 53.7. The Hall–Kier alpha value is -2.96. The van der Waals surface area contributed by atoms with Gasteiger partial charge in [0.15, 0.2) is 5.54 Å². The molecule has 3 aliphatic heterocycles. The van der Waals surface area contributed by atoms with Gasteiger partial charge in [-0.1, -0.05) is 30.4 Å². The van der Waals surface area contributed by atoms with Gasteiger partial charge in [-0.25, -0.2) is 9.69 Å². The standard InChI is InChI=1S/C18H16N2O5/c1-19-14(21)11-8-9-18(19,17(24)25-2)13-12(11)15(22)20(16(13)23)10-6-4-3-5-7-10/h3-9,11-13H,1-2H3/t11-,12+,13-,18+/m1/s1. The Balaban J connectivity index is 1.90. The number of esters is 1. The molecule has 25 heavy (non-hydrogen) atoms. The van der Waals surface area contributed by atoms with Crippen molar-refractivity contribution >= 4 is 29.4 Å². The van der Waals surface area contributed by atoms with Crippen LogP contribution in [0.15, 0.2) is 42.5 Å². The highest BCUT2D eigenvalue weighted by Crippen LogP contribution is 2.52. The van der Waals surface area contributed by atoms with Crippen LogP contribution in [-0.4, -0.2) is 48.3 Å². The number of likely N-dealkylation sites (N-methyl/N-ethyl adjacent to an activating group) is 1. The molecule has 0 N–H and O–H groups in total. The minimum atomic E-state index is -1.58. The van der Waals surface area contributed by atoms with Crippen molar-refractivity contribution in [1.82, 2.24) is 4.90 Å². The molecular formula is C18H16N2O5. The van der Waals surface area contributed by atoms with Gasteiger partial charge in [0.05, 0.1) is 30.6 Å². The van der Waals surface area contributed by atoms with E-state index in [2.05, 4.69) is 0 Å². The maximum Gasteiger partial charge on any atom is 0.336 e. The van der Waals surface area contributed by atoms with Gasteiger partial charge in [0.25, 0.3) is 0 Å². The lowest BCUT2D eigenvalue weighted by Gasteiger charge is -2.51. The number of hydrogen-bond acceptors (Lipinski definition) is 5. The molecule has 2 saturated heterocycles. The van der Waals surface area contributed by atoms with Crippen LogP contribution in [0.25, 0.3) is 0 Å². The molecule has 0 radical (unpaired) electrons. The van der Waals surface area contributed by atoms with Crippen LogP contribution in [0, 0.1) is 17.8 Å². The lowest BCUT2D eigenvalue weighted by Crippen LogP contribution is -2.70. The first-order valence-electron chi connectivity index (χ1n) is 7.93. The number of hydrogen-bond donors (Lipinski definition) is 0. The fourth-order valence-corrected chi connectivity index (χ4v) is 4.28. The van der Waals surface area contributed by atoms with Crippen LogP contribution < -0.4 is 4.90 Å². The molecule has 5 rings (SSSR count). The van der Waals surface area contributed by atoms with E-state index in [0.717, 1.165) is 4.90 Å². The third-order valence-corrected chi connectivity index (χ3v) is 5.47. The molecule has 3 amide bonds. The molecule has 1 aromatic rings. The summed E-state index contributed by atoms with van der Waals surface area (Å²) in [6, 6.07) is 8.52. The second-order valence-corrected chi connectivity index (χ2v) is 6.45. The van der Waals surface area contributed by atoms with Gasteiger partial charge in [-0.3, -0.25) is 14.4 Å². The van der Waals surface area contributed by atoms with Crippen LogP contribution in [0.2, 0.25) is 0 Å². The second-order valence-electron chi connectivity index (χ2n) is 6.45. The third-order valence-electron chi connectivity index (χ3n) is 5.47. The number of anilines is 1. The number of para-hydroxylation sites is 1. The summed E-state index contributed by atoms with van der Waals surface area (Å²) < 4.78 is 4.89. The average molecular weight is 340 g/mol. The van der Waals surface area contributed by atoms with Crippen LogP contribution in [0.5, 0.6) is 0 Å². The van der Waals surface area contributed by atoms with Crippen molar-refractivity contribution in [3.63, 3.8) is 0 Å². The first kappa shape index (κ1) is 15.6. The fraction of sp³-hybridized carbons (Fsp3) is 0.333. The molecule has 1 aromatic carbocycles. The van der Waals surface area contributed by atoms with Crippen molar-refractivity contribution < 1.29 is 23.9 Å². The van der Waals surface area contributed by atoms with Crippen molar-refractivity contribution in [1.29, 1.82) is 0 Å². The SMILES string of the molecule is COC(=O)[C@@]12C=C[C@@H](C(=O)N1C)[C@@H]1C(=O)N(c3ccccc3)C(=O)[C@@H]12. The molecule has 0 aromatic heterocycles. The molecule has 4 atom stereocenters. The van der Waals surface area contributed by atoms with Crippen molar-refractivity contribution in [3.8, 4) is 0 Å². The number of carbonyl (C=O) groups excluding carboxylic acids is 4. The Kier molecular flexibility index (Phi) is 3.12. The summed E-state index contributed by atoms with van der Waals surface area (Å²) in [6.07, 6.45) is 3.09. The highest BCUT2D eigenvalue weighted by atomic mass is 16.5. The first-order chi connectivity index (χ1) is 11.9. The molecule has 3 heterocycles. The van der Waals surface area contributed by atoms with Crippen LogP contribution in [0.1, 0.15) is 0 Å². The molecule has 4 aliphatic rings. The molecule has 7 nitrogen and oxygen atoms in total. The van der Waals surface area contributed by atoms with E-state index >= 15 is 0 Å². The fourth-order valence-electron chi connectivity index (χ4n) is 4.28. The average Bonchev–Trinajstić information content (AvgIpc) is 2.91. The van der Waals surface area contributed by atoms with E-state index in [-0.39, 0.29) is 5.91 Å². The van der Waals surface area contributed by atoms with Gasteiger partial charge in [-0.15, -0.1) is 0 Å². The lowest BCUT2D eigenvalue weighted by molar-refractivity contribution is -0.173. The van der Waals surface area contributed by atoms with Crippen molar-refractivity contribution in [2.24, 2.45) is 17.8 Å². The summed E-state index contributed by atoms with van der Waals surface area (Å²) in [5, 5.41) is 0. The zero-order valence-electron chi connectivity index (χ0n) is 13.7. The summed E-state index contributed by atoms with van der Waals surface area (Å²) in [5.74, 6) is -4.63. The van der Waals surface area contributed by atoms with E-state index in [1.807, 2.05) is 0 Å². The smallest absolute Gasteiger partial charge is 0.336 e. The van der Waals surface area contributed by atoms with Gasteiger partial charge in [-0.05, 0) is 12.1 Å². The summed E-state index contributed by atoms with van der Waals surface area (Å²) in [7, 11) is 2.67. The van der Waals surface area contributed by atoms with Crippen LogP contribution in [0.3, 0.4) is 0 Å². The largest absolute Gasteiger partial charge is 0.467 e. The molecule has 0 spiro atoms. The highest BCUT2D eigenvalue weighted by molar-refractivity contribution is 6.26. The molecule has 2 fully saturated rings. The van der Waals surface area contributed by atoms with Crippen molar-refractivity contribution in [3.05, 3.63) is 42.5 Å². The van der Waals surface area contributed by atoms with Crippen LogP contribution in [-0.2, 0) is 23.9 Å². The quantitative estimate of drug-likeness (QED) is 0.441. The zero-order chi connectivity index (χ0) is 17.9. The van der Waals surface area contributed by atoms with Gasteiger partial charge >= 0.3 is 5.97 Å². The van der Waals surface area contributed by atoms with Gasteiger partial charge in [-0.2, -0.15) is 0 Å². The van der Waals surface area contributed by atoms with Crippen LogP contribution >= 0.6 is 0 Å². The normalized spacial score (nSPS) is 33.0. The van der Waals surface area contributed by atoms with Gasteiger partial charge in [0.2, 0.25) is 17.7 Å². The minimum Gasteiger partial charge on any atom is -0.467 e. The number of rotatable bonds is 2. The number of piperidine rings is 1. The highest BCUT2D eigenvalue weighted by Gasteiger charge is 2.71. The predicted octanol–water partition coefficient (Wildman–Crippen LogP) is 0.362. The number of imide groups is 1. The molecular weight excluding hydrogens is 324 g/mol. The number of carbonyl (C=O) groups is 4. The van der Waals surface area contributed by atoms with E-state index in [4.69, 9.17) is 4.74 Å². The zero-order valence-corrected chi connectivity index (χ0v) is 13.7. The monoisotopic (exact) mass is 340 g/mol. The van der Waals surface area contributed by atoms with Crippen LogP contribution in [0.4, 0.5) is 5.69 Å². The van der Waals surface area contributed by atoms with E-state index < -0.39 is 41.1 Å². The number of fused-ring (bicyclic) bond motifs is 1. The molecule has 7 heteroatoms. The number of methoxy groups -OCH3 is 1. The number of ether oxygens (including phenoxy) is 1. The van der Waals surface area contributed by atoms with Gasteiger partial charge in [0.1, 0.15) is 0 Å². The Morgan fingerprint density at radius 1 is 1.08 bits per heavy atom. The first-order valence-corrected chi connectivity index (χ1v) is 7.93. The predicted molar refractivity (Wildman–Crippen MR) is 86.1 cm³/mol. The second kappa shape index (κ2) is 5.02. The third kappa shape index (κ3) is 1.70. The lowest BCUT2D eigenvalue weighted by atomic mass is 9.62. The Labute approximate surface area is 143 Å². The Morgan fingerprint density at radius 3 is 2.40 bits per heavy atom. The Bertz CT molecular complexity index is 833. The van der Waals surface area contributed by atoms with E-state index in [9.17, 15) is 19.2 Å². The molecule has 2 bridgehead atoms. The summed E-state index contributed by atoms with van der Waals surface area (Å²) in [5.41, 5.74) is -1.15. The van der Waals surface area contributed by atoms with E-state index in [1.54, 1.807) is 36.4 Å². The van der Waals surface area contributed by atoms with E-state index in [1.165, 1.54) is 25.1 Å². The van der Waals surface area contributed by atoms with Gasteiger partial charge in [0, 0.05) is 7.05 Å². The molecule has 0 unspecified atom stereocenters. The Morgan fingerprint density at radius 2 is 1.76 bits per heavy atom.